The second kappa shape index (κ2) is 3.66. The quantitative estimate of drug-likeness (QED) is 0.689. The third-order valence-corrected chi connectivity index (χ3v) is 3.53. The van der Waals surface area contributed by atoms with E-state index >= 15 is 0 Å². The van der Waals surface area contributed by atoms with Crippen molar-refractivity contribution in [2.45, 2.75) is 45.6 Å². The van der Waals surface area contributed by atoms with Crippen molar-refractivity contribution < 1.29 is 15.0 Å². The summed E-state index contributed by atoms with van der Waals surface area (Å²) in [5, 5.41) is 18.6. The lowest BCUT2D eigenvalue weighted by Gasteiger charge is -2.40. The number of hydrogen-bond donors (Lipinski definition) is 2. The summed E-state index contributed by atoms with van der Waals surface area (Å²) < 4.78 is 0. The Labute approximate surface area is 78.8 Å². The van der Waals surface area contributed by atoms with Crippen LogP contribution in [0.4, 0.5) is 0 Å². The maximum atomic E-state index is 11.2. The molecule has 1 aliphatic rings. The highest BCUT2D eigenvalue weighted by atomic mass is 16.4. The molecular formula is C10H18O3. The summed E-state index contributed by atoms with van der Waals surface area (Å²) in [6, 6.07) is 0. The minimum Gasteiger partial charge on any atom is -0.481 e. The molecule has 2 N–H and O–H groups in total. The van der Waals surface area contributed by atoms with E-state index in [0.717, 1.165) is 12.8 Å². The highest BCUT2D eigenvalue weighted by Gasteiger charge is 2.46. The lowest BCUT2D eigenvalue weighted by Crippen LogP contribution is -2.43. The normalized spacial score (nSPS) is 40.2. The molecule has 0 radical (unpaired) electrons. The predicted octanol–water partition coefficient (Wildman–Crippen LogP) is 1.65. The Balaban J connectivity index is 2.86. The van der Waals surface area contributed by atoms with E-state index in [4.69, 9.17) is 5.11 Å². The first-order valence-corrected chi connectivity index (χ1v) is 4.94. The average Bonchev–Trinajstić information content (AvgIpc) is 2.09. The zero-order valence-corrected chi connectivity index (χ0v) is 8.29. The number of aliphatic hydroxyl groups excluding tert-OH is 1. The minimum atomic E-state index is -0.749. The highest BCUT2D eigenvalue weighted by Crippen LogP contribution is 2.43. The van der Waals surface area contributed by atoms with Gasteiger partial charge in [0.25, 0.3) is 0 Å². The van der Waals surface area contributed by atoms with Crippen molar-refractivity contribution in [3.63, 3.8) is 0 Å². The second-order valence-electron chi connectivity index (χ2n) is 4.15. The predicted molar refractivity (Wildman–Crippen MR) is 49.4 cm³/mol. The van der Waals surface area contributed by atoms with E-state index in [0.29, 0.717) is 12.8 Å². The van der Waals surface area contributed by atoms with Gasteiger partial charge in [-0.3, -0.25) is 4.79 Å². The number of carboxylic acids is 1. The van der Waals surface area contributed by atoms with Gasteiger partial charge in [0.05, 0.1) is 11.5 Å². The van der Waals surface area contributed by atoms with Crippen LogP contribution in [0.15, 0.2) is 0 Å². The number of aliphatic hydroxyl groups is 1. The number of carbonyl (C=O) groups is 1. The van der Waals surface area contributed by atoms with Crippen LogP contribution in [0.1, 0.15) is 39.5 Å². The van der Waals surface area contributed by atoms with Crippen LogP contribution < -0.4 is 0 Å². The molecule has 0 amide bonds. The summed E-state index contributed by atoms with van der Waals surface area (Å²) in [6.07, 6.45) is 2.17. The molecule has 3 atom stereocenters. The van der Waals surface area contributed by atoms with Crippen molar-refractivity contribution in [2.24, 2.45) is 11.3 Å². The molecule has 0 aliphatic heterocycles. The lowest BCUT2D eigenvalue weighted by atomic mass is 9.64. The highest BCUT2D eigenvalue weighted by molar-refractivity contribution is 5.75. The first kappa shape index (κ1) is 10.5. The van der Waals surface area contributed by atoms with Gasteiger partial charge in [-0.25, -0.2) is 0 Å². The van der Waals surface area contributed by atoms with Gasteiger partial charge in [-0.15, -0.1) is 0 Å². The molecule has 0 aromatic rings. The third kappa shape index (κ3) is 1.70. The van der Waals surface area contributed by atoms with Crippen molar-refractivity contribution in [1.82, 2.24) is 0 Å². The average molecular weight is 186 g/mol. The van der Waals surface area contributed by atoms with Crippen LogP contribution in [0.25, 0.3) is 0 Å². The van der Waals surface area contributed by atoms with Crippen LogP contribution in [-0.4, -0.2) is 22.3 Å². The molecule has 1 fully saturated rings. The zero-order valence-electron chi connectivity index (χ0n) is 8.29. The molecule has 76 valence electrons. The van der Waals surface area contributed by atoms with E-state index in [2.05, 4.69) is 0 Å². The summed E-state index contributed by atoms with van der Waals surface area (Å²) in [5.41, 5.74) is -0.683. The summed E-state index contributed by atoms with van der Waals surface area (Å²) in [6.45, 7) is 3.87. The van der Waals surface area contributed by atoms with E-state index < -0.39 is 17.5 Å². The fourth-order valence-electron chi connectivity index (χ4n) is 2.38. The molecule has 3 nitrogen and oxygen atoms in total. The third-order valence-electron chi connectivity index (χ3n) is 3.53. The van der Waals surface area contributed by atoms with Gasteiger partial charge in [0, 0.05) is 0 Å². The van der Waals surface area contributed by atoms with Gasteiger partial charge in [-0.05, 0) is 31.6 Å². The van der Waals surface area contributed by atoms with Gasteiger partial charge < -0.3 is 10.2 Å². The molecule has 1 aliphatic carbocycles. The maximum Gasteiger partial charge on any atom is 0.309 e. The van der Waals surface area contributed by atoms with E-state index in [1.807, 2.05) is 13.8 Å². The molecule has 1 saturated carbocycles. The SMILES string of the molecule is CC[C@@]1(C(=O)O)C[C@H](O)CC[C@H]1C. The van der Waals surface area contributed by atoms with E-state index in [1.54, 1.807) is 0 Å². The Morgan fingerprint density at radius 2 is 2.15 bits per heavy atom. The molecule has 0 heterocycles. The van der Waals surface area contributed by atoms with Gasteiger partial charge in [-0.1, -0.05) is 13.8 Å². The van der Waals surface area contributed by atoms with E-state index in [-0.39, 0.29) is 5.92 Å². The first-order chi connectivity index (χ1) is 6.03. The number of rotatable bonds is 2. The Bertz CT molecular complexity index is 202. The number of hydrogen-bond acceptors (Lipinski definition) is 2. The maximum absolute atomic E-state index is 11.2. The molecule has 0 saturated heterocycles. The van der Waals surface area contributed by atoms with Crippen LogP contribution in [0, 0.1) is 11.3 Å². The van der Waals surface area contributed by atoms with E-state index in [1.165, 1.54) is 0 Å². The summed E-state index contributed by atoms with van der Waals surface area (Å²) in [7, 11) is 0. The van der Waals surface area contributed by atoms with Gasteiger partial charge in [-0.2, -0.15) is 0 Å². The summed E-state index contributed by atoms with van der Waals surface area (Å²) in [5.74, 6) is -0.570. The molecule has 1 rings (SSSR count). The topological polar surface area (TPSA) is 57.5 Å². The number of carboxylic acid groups (broad SMARTS) is 1. The van der Waals surface area contributed by atoms with Gasteiger partial charge in [0.15, 0.2) is 0 Å². The van der Waals surface area contributed by atoms with Crippen molar-refractivity contribution in [2.75, 3.05) is 0 Å². The number of aliphatic carboxylic acids is 1. The zero-order chi connectivity index (χ0) is 10.1. The largest absolute Gasteiger partial charge is 0.481 e. The van der Waals surface area contributed by atoms with Crippen molar-refractivity contribution in [1.29, 1.82) is 0 Å². The van der Waals surface area contributed by atoms with Gasteiger partial charge in [0.1, 0.15) is 0 Å². The van der Waals surface area contributed by atoms with Gasteiger partial charge >= 0.3 is 5.97 Å². The summed E-state index contributed by atoms with van der Waals surface area (Å²) >= 11 is 0. The molecular weight excluding hydrogens is 168 g/mol. The Morgan fingerprint density at radius 1 is 1.54 bits per heavy atom. The van der Waals surface area contributed by atoms with Gasteiger partial charge in [0.2, 0.25) is 0 Å². The van der Waals surface area contributed by atoms with Crippen LogP contribution in [0.5, 0.6) is 0 Å². The lowest BCUT2D eigenvalue weighted by molar-refractivity contribution is -0.158. The molecule has 13 heavy (non-hydrogen) atoms. The van der Waals surface area contributed by atoms with Crippen molar-refractivity contribution in [3.8, 4) is 0 Å². The minimum absolute atomic E-state index is 0.179. The smallest absolute Gasteiger partial charge is 0.309 e. The van der Waals surface area contributed by atoms with E-state index in [9.17, 15) is 9.90 Å². The monoisotopic (exact) mass is 186 g/mol. The Morgan fingerprint density at radius 3 is 2.54 bits per heavy atom. The second-order valence-corrected chi connectivity index (χ2v) is 4.15. The molecule has 0 spiro atoms. The molecule has 3 heteroatoms. The van der Waals surface area contributed by atoms with Crippen molar-refractivity contribution >= 4 is 5.97 Å². The van der Waals surface area contributed by atoms with Crippen molar-refractivity contribution in [3.05, 3.63) is 0 Å². The molecule has 0 bridgehead atoms. The Kier molecular flexibility index (Phi) is 2.96. The standard InChI is InChI=1S/C10H18O3/c1-3-10(9(12)13)6-8(11)5-4-7(10)2/h7-8,11H,3-6H2,1-2H3,(H,12,13)/t7-,8-,10-/m1/s1. The fourth-order valence-corrected chi connectivity index (χ4v) is 2.38. The fraction of sp³-hybridized carbons (Fsp3) is 0.900. The van der Waals surface area contributed by atoms with Crippen LogP contribution in [-0.2, 0) is 4.79 Å². The van der Waals surface area contributed by atoms with Crippen LogP contribution in [0.2, 0.25) is 0 Å². The molecule has 0 unspecified atom stereocenters. The van der Waals surface area contributed by atoms with Crippen LogP contribution in [0.3, 0.4) is 0 Å². The molecule has 0 aromatic heterocycles. The molecule has 0 aromatic carbocycles. The first-order valence-electron chi connectivity index (χ1n) is 4.94. The summed E-state index contributed by atoms with van der Waals surface area (Å²) in [4.78, 5) is 11.2. The van der Waals surface area contributed by atoms with Crippen LogP contribution >= 0.6 is 0 Å². The Hall–Kier alpha value is -0.570.